The number of benzene rings is 1. The average Bonchev–Trinajstić information content (AvgIpc) is 2.79. The molecule has 0 aromatic heterocycles. The minimum atomic E-state index is -1.27. The van der Waals surface area contributed by atoms with E-state index in [1.165, 1.54) is 11.8 Å². The minimum Gasteiger partial charge on any atom is -0.394 e. The number of nitrogens with one attached hydrogen (secondary N) is 1. The first-order valence-corrected chi connectivity index (χ1v) is 13.3. The lowest BCUT2D eigenvalue weighted by molar-refractivity contribution is -0.117. The van der Waals surface area contributed by atoms with E-state index < -0.39 is 55.7 Å². The number of hydrogen-bond acceptors (Lipinski definition) is 9. The number of carbonyl (C=O) groups is 3. The van der Waals surface area contributed by atoms with Crippen molar-refractivity contribution in [2.24, 2.45) is 0 Å². The normalized spacial score (nSPS) is 13.8. The Hall–Kier alpha value is -0.220. The third-order valence-electron chi connectivity index (χ3n) is 4.68. The smallest absolute Gasteiger partial charge is 0.253 e. The maximum atomic E-state index is 13.1. The van der Waals surface area contributed by atoms with Crippen LogP contribution in [0.2, 0.25) is 0 Å². The zero-order chi connectivity index (χ0) is 26.2. The van der Waals surface area contributed by atoms with Crippen LogP contribution in [0.1, 0.15) is 40.5 Å². The van der Waals surface area contributed by atoms with Gasteiger partial charge >= 0.3 is 0 Å². The van der Waals surface area contributed by atoms with E-state index in [-0.39, 0.29) is 46.3 Å². The van der Waals surface area contributed by atoms with Gasteiger partial charge in [-0.2, -0.15) is 0 Å². The summed E-state index contributed by atoms with van der Waals surface area (Å²) in [5.41, 5.74) is 0.373. The van der Waals surface area contributed by atoms with E-state index >= 15 is 0 Å². The fourth-order valence-corrected chi connectivity index (χ4v) is 7.70. The first kappa shape index (κ1) is 31.8. The highest BCUT2D eigenvalue weighted by atomic mass is 127. The van der Waals surface area contributed by atoms with Gasteiger partial charge in [0.15, 0.2) is 5.78 Å². The van der Waals surface area contributed by atoms with E-state index in [9.17, 15) is 34.8 Å². The van der Waals surface area contributed by atoms with Crippen molar-refractivity contribution in [3.63, 3.8) is 0 Å². The molecule has 3 atom stereocenters. The molecule has 0 aliphatic rings. The summed E-state index contributed by atoms with van der Waals surface area (Å²) in [6, 6.07) is 0. The molecule has 0 fully saturated rings. The molecule has 0 spiro atoms. The van der Waals surface area contributed by atoms with E-state index in [4.69, 9.17) is 10.2 Å². The number of Topliss-reactive ketones (excluding diaryl/α,β-unsaturated/α-hetero) is 1. The molecule has 1 aromatic carbocycles. The van der Waals surface area contributed by atoms with Crippen molar-refractivity contribution in [1.82, 2.24) is 5.32 Å². The second-order valence-corrected chi connectivity index (χ2v) is 10.6. The molecule has 14 heteroatoms. The van der Waals surface area contributed by atoms with E-state index in [1.807, 2.05) is 67.8 Å². The largest absolute Gasteiger partial charge is 0.394 e. The van der Waals surface area contributed by atoms with Crippen LogP contribution in [0.4, 0.5) is 5.69 Å². The summed E-state index contributed by atoms with van der Waals surface area (Å²) in [5.74, 6) is -1.59. The van der Waals surface area contributed by atoms with Gasteiger partial charge < -0.3 is 40.9 Å². The Labute approximate surface area is 237 Å². The van der Waals surface area contributed by atoms with Gasteiger partial charge in [-0.05, 0) is 74.2 Å². The molecule has 3 unspecified atom stereocenters. The Morgan fingerprint density at radius 1 is 0.853 bits per heavy atom. The van der Waals surface area contributed by atoms with Gasteiger partial charge in [-0.15, -0.1) is 0 Å². The van der Waals surface area contributed by atoms with Crippen molar-refractivity contribution in [3.05, 3.63) is 21.8 Å². The van der Waals surface area contributed by atoms with E-state index in [0.29, 0.717) is 7.14 Å². The van der Waals surface area contributed by atoms with Crippen molar-refractivity contribution in [2.45, 2.75) is 38.1 Å². The molecule has 0 saturated heterocycles. The first-order chi connectivity index (χ1) is 15.9. The van der Waals surface area contributed by atoms with Gasteiger partial charge in [-0.25, -0.2) is 0 Å². The maximum absolute atomic E-state index is 13.1. The molecule has 0 aliphatic heterocycles. The highest BCUT2D eigenvalue weighted by Crippen LogP contribution is 2.39. The van der Waals surface area contributed by atoms with Crippen LogP contribution in [0.5, 0.6) is 0 Å². The zero-order valence-electron chi connectivity index (χ0n) is 18.2. The number of carbonyl (C=O) groups excluding carboxylic acids is 3. The van der Waals surface area contributed by atoms with Crippen LogP contribution in [-0.4, -0.2) is 99.5 Å². The SMILES string of the molecule is CC(=O)N(CC(O)CO)c1c(I)c(C(=O)CCC(O)CO)c(I)c(C(=O)NCC(O)CO)c1I. The molecule has 0 saturated carbocycles. The van der Waals surface area contributed by atoms with Crippen LogP contribution < -0.4 is 10.2 Å². The average molecular weight is 820 g/mol. The number of anilines is 1. The van der Waals surface area contributed by atoms with Gasteiger partial charge in [0, 0.05) is 32.6 Å². The predicted molar refractivity (Wildman–Crippen MR) is 148 cm³/mol. The quantitative estimate of drug-likeness (QED) is 0.103. The van der Waals surface area contributed by atoms with E-state index in [0.717, 1.165) is 0 Å². The lowest BCUT2D eigenvalue weighted by Gasteiger charge is -2.28. The van der Waals surface area contributed by atoms with Gasteiger partial charge in [0.25, 0.3) is 5.91 Å². The molecular formula is C20H27I3N2O9. The van der Waals surface area contributed by atoms with E-state index in [1.54, 1.807) is 0 Å². The Morgan fingerprint density at radius 2 is 1.38 bits per heavy atom. The number of nitrogens with zero attached hydrogens (tertiary/aromatic N) is 1. The summed E-state index contributed by atoms with van der Waals surface area (Å²) in [5, 5.41) is 59.0. The third-order valence-corrected chi connectivity index (χ3v) is 7.86. The molecule has 0 aliphatic carbocycles. The van der Waals surface area contributed by atoms with Crippen LogP contribution >= 0.6 is 67.8 Å². The molecule has 1 aromatic rings. The third kappa shape index (κ3) is 8.43. The topological polar surface area (TPSA) is 188 Å². The van der Waals surface area contributed by atoms with E-state index in [2.05, 4.69) is 5.32 Å². The molecule has 192 valence electrons. The summed E-state index contributed by atoms with van der Waals surface area (Å²) in [6.45, 7) is -1.00. The summed E-state index contributed by atoms with van der Waals surface area (Å²) in [7, 11) is 0. The van der Waals surface area contributed by atoms with Gasteiger partial charge in [-0.3, -0.25) is 14.4 Å². The van der Waals surface area contributed by atoms with Gasteiger partial charge in [0.1, 0.15) is 0 Å². The van der Waals surface area contributed by atoms with Crippen LogP contribution in [-0.2, 0) is 4.79 Å². The van der Waals surface area contributed by atoms with Crippen molar-refractivity contribution in [1.29, 1.82) is 0 Å². The number of aliphatic hydroxyl groups is 6. The number of aliphatic hydroxyl groups excluding tert-OH is 6. The second-order valence-electron chi connectivity index (χ2n) is 7.35. The number of ketones is 1. The fourth-order valence-electron chi connectivity index (χ4n) is 2.86. The summed E-state index contributed by atoms with van der Waals surface area (Å²) in [4.78, 5) is 39.8. The number of rotatable bonds is 13. The van der Waals surface area contributed by atoms with Crippen LogP contribution in [0, 0.1) is 10.7 Å². The second kappa shape index (κ2) is 15.1. The highest BCUT2D eigenvalue weighted by Gasteiger charge is 2.32. The molecule has 0 heterocycles. The standard InChI is InChI=1S/C20H27I3N2O9/c1-9(29)25(5-12(32)8-28)19-17(22)14(13(33)3-2-10(30)6-26)16(21)15(18(19)23)20(34)24-4-11(31)7-27/h10-12,26-28,30-32H,2-8H2,1H3,(H,24,34). The molecule has 7 N–H and O–H groups in total. The van der Waals surface area contributed by atoms with Crippen molar-refractivity contribution < 1.29 is 45.0 Å². The van der Waals surface area contributed by atoms with Gasteiger partial charge in [0.05, 0.1) is 59.5 Å². The molecule has 1 rings (SSSR count). The lowest BCUT2D eigenvalue weighted by Crippen LogP contribution is -2.40. The van der Waals surface area contributed by atoms with Gasteiger partial charge in [-0.1, -0.05) is 0 Å². The molecule has 11 nitrogen and oxygen atoms in total. The number of halogens is 3. The first-order valence-electron chi connectivity index (χ1n) is 10.1. The molecular weight excluding hydrogens is 793 g/mol. The zero-order valence-corrected chi connectivity index (χ0v) is 24.6. The molecule has 0 bridgehead atoms. The van der Waals surface area contributed by atoms with Crippen molar-refractivity contribution in [3.8, 4) is 0 Å². The minimum absolute atomic E-state index is 0.0211. The van der Waals surface area contributed by atoms with Crippen LogP contribution in [0.3, 0.4) is 0 Å². The Bertz CT molecular complexity index is 848. The van der Waals surface area contributed by atoms with Crippen molar-refractivity contribution in [2.75, 3.05) is 37.8 Å². The predicted octanol–water partition coefficient (Wildman–Crippen LogP) is -0.394. The van der Waals surface area contributed by atoms with Crippen LogP contribution in [0.25, 0.3) is 0 Å². The molecule has 0 radical (unpaired) electrons. The maximum Gasteiger partial charge on any atom is 0.253 e. The summed E-state index contributed by atoms with van der Waals surface area (Å²) < 4.78 is 0.915. The molecule has 2 amide bonds. The Kier molecular flexibility index (Phi) is 14.2. The molecule has 34 heavy (non-hydrogen) atoms. The Morgan fingerprint density at radius 3 is 1.88 bits per heavy atom. The van der Waals surface area contributed by atoms with Crippen LogP contribution in [0.15, 0.2) is 0 Å². The fraction of sp³-hybridized carbons (Fsp3) is 0.550. The number of hydrogen-bond donors (Lipinski definition) is 7. The monoisotopic (exact) mass is 820 g/mol. The van der Waals surface area contributed by atoms with Crippen molar-refractivity contribution >= 4 is 91.1 Å². The summed E-state index contributed by atoms with van der Waals surface area (Å²) in [6.07, 6.45) is -3.73. The Balaban J connectivity index is 3.73. The summed E-state index contributed by atoms with van der Waals surface area (Å²) >= 11 is 5.57. The lowest BCUT2D eigenvalue weighted by atomic mass is 10.00. The van der Waals surface area contributed by atoms with Gasteiger partial charge in [0.2, 0.25) is 5.91 Å². The number of amides is 2. The highest BCUT2D eigenvalue weighted by molar-refractivity contribution is 14.1.